The van der Waals surface area contributed by atoms with Crippen LogP contribution in [0.25, 0.3) is 11.0 Å². The zero-order valence-corrected chi connectivity index (χ0v) is 14.6. The summed E-state index contributed by atoms with van der Waals surface area (Å²) < 4.78 is 20.2. The second kappa shape index (κ2) is 6.45. The average Bonchev–Trinajstić information content (AvgIpc) is 3.30. The Hall–Kier alpha value is -2.45. The maximum absolute atomic E-state index is 11.1. The zero-order valence-electron chi connectivity index (χ0n) is 13.8. The Morgan fingerprint density at radius 3 is 2.84 bits per heavy atom. The van der Waals surface area contributed by atoms with Gasteiger partial charge in [0.25, 0.3) is 0 Å². The number of anilines is 2. The van der Waals surface area contributed by atoms with Gasteiger partial charge >= 0.3 is 0 Å². The van der Waals surface area contributed by atoms with Crippen molar-refractivity contribution >= 4 is 33.6 Å². The van der Waals surface area contributed by atoms with Crippen molar-refractivity contribution in [2.45, 2.75) is 17.4 Å². The molecule has 0 radical (unpaired) electrons. The molecule has 0 amide bonds. The highest BCUT2D eigenvalue weighted by molar-refractivity contribution is 7.79. The molecule has 7 nitrogen and oxygen atoms in total. The fourth-order valence-corrected chi connectivity index (χ4v) is 3.74. The lowest BCUT2D eigenvalue weighted by Gasteiger charge is -2.27. The molecule has 0 spiro atoms. The van der Waals surface area contributed by atoms with Gasteiger partial charge < -0.3 is 19.3 Å². The molecule has 0 aliphatic carbocycles. The van der Waals surface area contributed by atoms with E-state index in [0.29, 0.717) is 10.9 Å². The van der Waals surface area contributed by atoms with Gasteiger partial charge in [-0.05, 0) is 36.8 Å². The molecule has 1 aromatic carbocycles. The molecule has 2 N–H and O–H groups in total. The van der Waals surface area contributed by atoms with Gasteiger partial charge in [-0.25, -0.2) is 14.2 Å². The molecule has 4 rings (SSSR count). The van der Waals surface area contributed by atoms with Crippen LogP contribution in [0.3, 0.4) is 0 Å². The Morgan fingerprint density at radius 1 is 1.28 bits per heavy atom. The Labute approximate surface area is 148 Å². The van der Waals surface area contributed by atoms with E-state index in [0.717, 1.165) is 42.0 Å². The topological polar surface area (TPSA) is 85.3 Å². The molecule has 0 saturated carbocycles. The molecule has 1 fully saturated rings. The highest BCUT2D eigenvalue weighted by Crippen LogP contribution is 2.28. The first-order chi connectivity index (χ1) is 12.1. The lowest BCUT2D eigenvalue weighted by atomic mass is 10.2. The molecule has 1 saturated heterocycles. The molecule has 3 aromatic rings. The van der Waals surface area contributed by atoms with E-state index in [-0.39, 0.29) is 0 Å². The van der Waals surface area contributed by atoms with Crippen molar-refractivity contribution in [3.63, 3.8) is 0 Å². The summed E-state index contributed by atoms with van der Waals surface area (Å²) in [5.41, 5.74) is 1.89. The first-order valence-corrected chi connectivity index (χ1v) is 9.21. The number of rotatable bonds is 4. The fourth-order valence-electron chi connectivity index (χ4n) is 3.37. The monoisotopic (exact) mass is 357 g/mol. The van der Waals surface area contributed by atoms with Crippen molar-refractivity contribution in [1.29, 1.82) is 0 Å². The maximum atomic E-state index is 11.1. The number of likely N-dealkylation sites (N-methyl/N-ethyl adjacent to an activating group) is 1. The van der Waals surface area contributed by atoms with Crippen LogP contribution in [0.1, 0.15) is 6.42 Å². The number of nitrogens with zero attached hydrogens (tertiary/aromatic N) is 4. The van der Waals surface area contributed by atoms with E-state index in [1.807, 2.05) is 24.4 Å². The predicted octanol–water partition coefficient (Wildman–Crippen LogP) is 2.25. The summed E-state index contributed by atoms with van der Waals surface area (Å²) >= 11 is -1.94. The van der Waals surface area contributed by atoms with Gasteiger partial charge in [-0.2, -0.15) is 0 Å². The third kappa shape index (κ3) is 2.98. The summed E-state index contributed by atoms with van der Waals surface area (Å²) in [6.45, 7) is 1.81. The van der Waals surface area contributed by atoms with Crippen molar-refractivity contribution in [2.24, 2.45) is 0 Å². The molecule has 1 unspecified atom stereocenters. The van der Waals surface area contributed by atoms with Gasteiger partial charge in [0.15, 0.2) is 11.1 Å². The van der Waals surface area contributed by atoms with Crippen LogP contribution in [-0.4, -0.2) is 49.9 Å². The molecule has 130 valence electrons. The van der Waals surface area contributed by atoms with E-state index in [1.165, 1.54) is 0 Å². The maximum Gasteiger partial charge on any atom is 0.186 e. The number of nitrogens with one attached hydrogen (secondary N) is 1. The second-order valence-corrected chi connectivity index (χ2v) is 7.15. The number of benzene rings is 1. The van der Waals surface area contributed by atoms with Crippen LogP contribution in [0.5, 0.6) is 0 Å². The average molecular weight is 357 g/mol. The molecule has 1 aliphatic heterocycles. The van der Waals surface area contributed by atoms with Crippen LogP contribution in [0.2, 0.25) is 0 Å². The lowest BCUT2D eigenvalue weighted by molar-refractivity contribution is 0.564. The minimum absolute atomic E-state index is 0.356. The molecule has 25 heavy (non-hydrogen) atoms. The number of H-pyrrole nitrogens is 1. The number of fused-ring (bicyclic) bond motifs is 1. The van der Waals surface area contributed by atoms with Gasteiger partial charge in [0, 0.05) is 38.1 Å². The minimum Gasteiger partial charge on any atom is -0.370 e. The van der Waals surface area contributed by atoms with Crippen LogP contribution in [0.15, 0.2) is 47.8 Å². The molecule has 2 atom stereocenters. The molecular weight excluding hydrogens is 338 g/mol. The number of hydrogen-bond donors (Lipinski definition) is 2. The molecule has 0 bridgehead atoms. The zero-order chi connectivity index (χ0) is 17.4. The summed E-state index contributed by atoms with van der Waals surface area (Å²) in [5, 5.41) is 1.04. The third-order valence-corrected chi connectivity index (χ3v) is 5.46. The summed E-state index contributed by atoms with van der Waals surface area (Å²) in [6, 6.07) is 9.54. The summed E-state index contributed by atoms with van der Waals surface area (Å²) in [4.78, 5) is 16.8. The fraction of sp³-hybridized carbons (Fsp3) is 0.294. The normalized spacial score (nSPS) is 18.6. The second-order valence-electron chi connectivity index (χ2n) is 6.18. The predicted molar refractivity (Wildman–Crippen MR) is 98.4 cm³/mol. The summed E-state index contributed by atoms with van der Waals surface area (Å²) in [5.74, 6) is 0.966. The van der Waals surface area contributed by atoms with E-state index in [2.05, 4.69) is 31.8 Å². The number of hydrogen-bond acceptors (Lipinski definition) is 5. The van der Waals surface area contributed by atoms with Crippen LogP contribution in [0, 0.1) is 0 Å². The van der Waals surface area contributed by atoms with Crippen molar-refractivity contribution in [1.82, 2.24) is 15.0 Å². The molecule has 3 heterocycles. The molecule has 1 aliphatic rings. The van der Waals surface area contributed by atoms with Gasteiger partial charge in [0.05, 0.1) is 10.3 Å². The van der Waals surface area contributed by atoms with Crippen LogP contribution >= 0.6 is 0 Å². The van der Waals surface area contributed by atoms with Gasteiger partial charge in [-0.3, -0.25) is 0 Å². The van der Waals surface area contributed by atoms with Crippen LogP contribution < -0.4 is 9.80 Å². The van der Waals surface area contributed by atoms with E-state index in [1.54, 1.807) is 18.5 Å². The number of aromatic nitrogens is 3. The Bertz CT molecular complexity index is 911. The Balaban J connectivity index is 1.52. The van der Waals surface area contributed by atoms with Crippen molar-refractivity contribution < 1.29 is 8.76 Å². The van der Waals surface area contributed by atoms with E-state index in [4.69, 9.17) is 4.55 Å². The summed E-state index contributed by atoms with van der Waals surface area (Å²) in [6.07, 6.45) is 4.51. The van der Waals surface area contributed by atoms with E-state index in [9.17, 15) is 4.21 Å². The smallest absolute Gasteiger partial charge is 0.186 e. The van der Waals surface area contributed by atoms with E-state index >= 15 is 0 Å². The first kappa shape index (κ1) is 16.0. The van der Waals surface area contributed by atoms with Gasteiger partial charge in [0.1, 0.15) is 17.8 Å². The number of aromatic amines is 1. The third-order valence-electron chi connectivity index (χ3n) is 4.79. The van der Waals surface area contributed by atoms with Crippen LogP contribution in [-0.2, 0) is 11.1 Å². The SMILES string of the molecule is CN(c1ccc(S(=O)O)cc1)[C@@H]1CCN(c2ncnc3[nH]ccc23)C1. The van der Waals surface area contributed by atoms with E-state index < -0.39 is 11.1 Å². The molecule has 2 aromatic heterocycles. The van der Waals surface area contributed by atoms with Gasteiger partial charge in [-0.1, -0.05) is 0 Å². The largest absolute Gasteiger partial charge is 0.370 e. The first-order valence-electron chi connectivity index (χ1n) is 8.10. The Kier molecular flexibility index (Phi) is 4.14. The standard InChI is InChI=1S/C17H19N5O2S/c1-21(12-2-4-14(5-3-12)25(23)24)13-7-9-22(10-13)17-15-6-8-18-16(15)19-11-20-17/h2-6,8,11,13H,7,9-10H2,1H3,(H,23,24)(H,18,19,20)/t13-/m1/s1. The highest BCUT2D eigenvalue weighted by atomic mass is 32.2. The van der Waals surface area contributed by atoms with Gasteiger partial charge in [0.2, 0.25) is 0 Å². The van der Waals surface area contributed by atoms with Gasteiger partial charge in [-0.15, -0.1) is 0 Å². The molecular formula is C17H19N5O2S. The minimum atomic E-state index is -1.94. The molecule has 8 heteroatoms. The van der Waals surface area contributed by atoms with Crippen LogP contribution in [0.4, 0.5) is 11.5 Å². The quantitative estimate of drug-likeness (QED) is 0.697. The van der Waals surface area contributed by atoms with Crippen molar-refractivity contribution in [3.8, 4) is 0 Å². The highest BCUT2D eigenvalue weighted by Gasteiger charge is 2.28. The van der Waals surface area contributed by atoms with Crippen molar-refractivity contribution in [2.75, 3.05) is 29.9 Å². The lowest BCUT2D eigenvalue weighted by Crippen LogP contribution is -2.34. The summed E-state index contributed by atoms with van der Waals surface area (Å²) in [7, 11) is 2.06. The van der Waals surface area contributed by atoms with Crippen molar-refractivity contribution in [3.05, 3.63) is 42.9 Å². The Morgan fingerprint density at radius 2 is 2.08 bits per heavy atom.